The van der Waals surface area contributed by atoms with Gasteiger partial charge in [-0.2, -0.15) is 0 Å². The van der Waals surface area contributed by atoms with Crippen molar-refractivity contribution in [2.24, 2.45) is 0 Å². The minimum Gasteiger partial charge on any atom is -0.356 e. The Morgan fingerprint density at radius 3 is 2.89 bits per heavy atom. The lowest BCUT2D eigenvalue weighted by atomic mass is 9.94. The predicted molar refractivity (Wildman–Crippen MR) is 75.5 cm³/mol. The zero-order valence-electron chi connectivity index (χ0n) is 11.0. The van der Waals surface area contributed by atoms with Crippen molar-refractivity contribution in [3.05, 3.63) is 23.0 Å². The van der Waals surface area contributed by atoms with Crippen LogP contribution in [0.3, 0.4) is 0 Å². The molecule has 0 saturated carbocycles. The minimum absolute atomic E-state index is 0.0882. The summed E-state index contributed by atoms with van der Waals surface area (Å²) in [6.07, 6.45) is 7.50. The third-order valence-corrected chi connectivity index (χ3v) is 4.47. The normalized spacial score (nSPS) is 27.7. The first-order chi connectivity index (χ1) is 9.25. The summed E-state index contributed by atoms with van der Waals surface area (Å²) in [5.74, 6) is 0.0882. The van der Waals surface area contributed by atoms with E-state index in [-0.39, 0.29) is 5.91 Å². The fourth-order valence-corrected chi connectivity index (χ4v) is 3.48. The Labute approximate surface area is 118 Å². The molecule has 2 unspecified atom stereocenters. The predicted octanol–water partition coefficient (Wildman–Crippen LogP) is 2.41. The van der Waals surface area contributed by atoms with Gasteiger partial charge in [-0.1, -0.05) is 11.6 Å². The lowest BCUT2D eigenvalue weighted by Crippen LogP contribution is -2.52. The fourth-order valence-electron chi connectivity index (χ4n) is 3.31. The molecule has 0 radical (unpaired) electrons. The highest BCUT2D eigenvalue weighted by Crippen LogP contribution is 2.26. The molecular weight excluding hydrogens is 262 g/mol. The summed E-state index contributed by atoms with van der Waals surface area (Å²) >= 11 is 5.89. The van der Waals surface area contributed by atoms with E-state index in [0.717, 1.165) is 25.9 Å². The highest BCUT2D eigenvalue weighted by atomic mass is 35.5. The van der Waals surface area contributed by atoms with Crippen molar-refractivity contribution in [1.29, 1.82) is 0 Å². The molecule has 2 atom stereocenters. The van der Waals surface area contributed by atoms with E-state index in [1.54, 1.807) is 12.3 Å². The molecule has 2 N–H and O–H groups in total. The zero-order valence-corrected chi connectivity index (χ0v) is 11.7. The van der Waals surface area contributed by atoms with Crippen molar-refractivity contribution in [2.75, 3.05) is 13.1 Å². The van der Waals surface area contributed by atoms with Gasteiger partial charge in [0.15, 0.2) is 0 Å². The van der Waals surface area contributed by atoms with Crippen LogP contribution in [0.5, 0.6) is 0 Å². The smallest absolute Gasteiger partial charge is 0.270 e. The topological polar surface area (TPSA) is 48.1 Å². The van der Waals surface area contributed by atoms with Gasteiger partial charge in [0, 0.05) is 24.8 Å². The summed E-state index contributed by atoms with van der Waals surface area (Å²) in [6, 6.07) is 2.53. The van der Waals surface area contributed by atoms with Crippen LogP contribution in [0.25, 0.3) is 0 Å². The van der Waals surface area contributed by atoms with E-state index < -0.39 is 0 Å². The number of hydrogen-bond acceptors (Lipinski definition) is 2. The molecule has 0 spiro atoms. The molecule has 3 heterocycles. The molecule has 0 bridgehead atoms. The van der Waals surface area contributed by atoms with Gasteiger partial charge in [-0.25, -0.2) is 0 Å². The van der Waals surface area contributed by atoms with E-state index in [1.165, 1.54) is 19.3 Å². The number of piperidine rings is 1. The van der Waals surface area contributed by atoms with Crippen LogP contribution >= 0.6 is 11.6 Å². The highest BCUT2D eigenvalue weighted by molar-refractivity contribution is 6.30. The van der Waals surface area contributed by atoms with Gasteiger partial charge in [0.2, 0.25) is 0 Å². The average Bonchev–Trinajstić information content (AvgIpc) is 3.09. The van der Waals surface area contributed by atoms with Crippen LogP contribution in [0.4, 0.5) is 0 Å². The van der Waals surface area contributed by atoms with Gasteiger partial charge in [-0.05, 0) is 44.7 Å². The Balaban J connectivity index is 1.77. The zero-order chi connectivity index (χ0) is 13.2. The molecule has 4 nitrogen and oxygen atoms in total. The first kappa shape index (κ1) is 13.0. The van der Waals surface area contributed by atoms with Crippen LogP contribution < -0.4 is 5.32 Å². The number of aromatic nitrogens is 1. The Bertz CT molecular complexity index is 453. The standard InChI is InChI=1S/C14H20ClN3O/c15-10-8-12(17-9-10)14(19)18-7-2-1-5-13(18)11-4-3-6-16-11/h8-9,11,13,16-17H,1-7H2. The highest BCUT2D eigenvalue weighted by Gasteiger charge is 2.34. The van der Waals surface area contributed by atoms with Gasteiger partial charge >= 0.3 is 0 Å². The van der Waals surface area contributed by atoms with E-state index >= 15 is 0 Å². The second-order valence-corrected chi connectivity index (χ2v) is 5.93. The van der Waals surface area contributed by atoms with Gasteiger partial charge in [0.05, 0.1) is 5.02 Å². The number of carbonyl (C=O) groups is 1. The van der Waals surface area contributed by atoms with Crippen LogP contribution in [-0.4, -0.2) is 41.0 Å². The van der Waals surface area contributed by atoms with Crippen molar-refractivity contribution >= 4 is 17.5 Å². The second kappa shape index (κ2) is 5.55. The van der Waals surface area contributed by atoms with Gasteiger partial charge in [-0.3, -0.25) is 4.79 Å². The number of H-pyrrole nitrogens is 1. The summed E-state index contributed by atoms with van der Waals surface area (Å²) in [4.78, 5) is 17.6. The quantitative estimate of drug-likeness (QED) is 0.875. The molecule has 1 aromatic heterocycles. The largest absolute Gasteiger partial charge is 0.356 e. The van der Waals surface area contributed by atoms with Crippen molar-refractivity contribution in [3.8, 4) is 0 Å². The van der Waals surface area contributed by atoms with Crippen LogP contribution in [-0.2, 0) is 0 Å². The van der Waals surface area contributed by atoms with Crippen molar-refractivity contribution in [2.45, 2.75) is 44.2 Å². The average molecular weight is 282 g/mol. The number of likely N-dealkylation sites (tertiary alicyclic amines) is 1. The van der Waals surface area contributed by atoms with Crippen molar-refractivity contribution in [3.63, 3.8) is 0 Å². The molecule has 104 valence electrons. The molecule has 2 aliphatic rings. The van der Waals surface area contributed by atoms with E-state index in [9.17, 15) is 4.79 Å². The number of nitrogens with zero attached hydrogens (tertiary/aromatic N) is 1. The number of rotatable bonds is 2. The number of halogens is 1. The Kier molecular flexibility index (Phi) is 3.80. The van der Waals surface area contributed by atoms with Crippen LogP contribution in [0.2, 0.25) is 5.02 Å². The summed E-state index contributed by atoms with van der Waals surface area (Å²) < 4.78 is 0. The Hall–Kier alpha value is -1.00. The molecule has 1 amide bonds. The summed E-state index contributed by atoms with van der Waals surface area (Å²) in [5, 5.41) is 4.13. The molecule has 2 fully saturated rings. The molecule has 2 saturated heterocycles. The minimum atomic E-state index is 0.0882. The molecule has 19 heavy (non-hydrogen) atoms. The van der Waals surface area contributed by atoms with Gasteiger partial charge < -0.3 is 15.2 Å². The molecule has 3 rings (SSSR count). The Morgan fingerprint density at radius 1 is 1.32 bits per heavy atom. The SMILES string of the molecule is O=C(c1cc(Cl)c[nH]1)N1CCCCC1C1CCCN1. The lowest BCUT2D eigenvalue weighted by Gasteiger charge is -2.39. The molecule has 1 aromatic rings. The van der Waals surface area contributed by atoms with E-state index in [1.807, 2.05) is 4.90 Å². The number of nitrogens with one attached hydrogen (secondary N) is 2. The van der Waals surface area contributed by atoms with Crippen LogP contribution in [0, 0.1) is 0 Å². The number of amides is 1. The first-order valence-corrected chi connectivity index (χ1v) is 7.52. The number of hydrogen-bond donors (Lipinski definition) is 2. The maximum Gasteiger partial charge on any atom is 0.270 e. The van der Waals surface area contributed by atoms with E-state index in [4.69, 9.17) is 11.6 Å². The molecular formula is C14H20ClN3O. The number of carbonyl (C=O) groups excluding carboxylic acids is 1. The maximum atomic E-state index is 12.6. The Morgan fingerprint density at radius 2 is 2.21 bits per heavy atom. The van der Waals surface area contributed by atoms with E-state index in [0.29, 0.717) is 22.8 Å². The molecule has 0 aliphatic carbocycles. The number of aromatic amines is 1. The first-order valence-electron chi connectivity index (χ1n) is 7.14. The van der Waals surface area contributed by atoms with Gasteiger partial charge in [-0.15, -0.1) is 0 Å². The van der Waals surface area contributed by atoms with Crippen LogP contribution in [0.15, 0.2) is 12.3 Å². The second-order valence-electron chi connectivity index (χ2n) is 5.50. The third kappa shape index (κ3) is 2.65. The summed E-state index contributed by atoms with van der Waals surface area (Å²) in [6.45, 7) is 1.94. The fraction of sp³-hybridized carbons (Fsp3) is 0.643. The van der Waals surface area contributed by atoms with Crippen molar-refractivity contribution < 1.29 is 4.79 Å². The molecule has 0 aromatic carbocycles. The summed E-state index contributed by atoms with van der Waals surface area (Å²) in [5.41, 5.74) is 0.606. The summed E-state index contributed by atoms with van der Waals surface area (Å²) in [7, 11) is 0. The maximum absolute atomic E-state index is 12.6. The van der Waals surface area contributed by atoms with Gasteiger partial charge in [0.25, 0.3) is 5.91 Å². The van der Waals surface area contributed by atoms with E-state index in [2.05, 4.69) is 10.3 Å². The van der Waals surface area contributed by atoms with Gasteiger partial charge in [0.1, 0.15) is 5.69 Å². The van der Waals surface area contributed by atoms with Crippen LogP contribution in [0.1, 0.15) is 42.6 Å². The lowest BCUT2D eigenvalue weighted by molar-refractivity contribution is 0.0558. The van der Waals surface area contributed by atoms with Crippen molar-refractivity contribution in [1.82, 2.24) is 15.2 Å². The monoisotopic (exact) mass is 281 g/mol. The molecule has 5 heteroatoms. The molecule has 2 aliphatic heterocycles. The third-order valence-electron chi connectivity index (χ3n) is 4.25.